The maximum absolute atomic E-state index is 10.8. The van der Waals surface area contributed by atoms with Crippen LogP contribution in [0.1, 0.15) is 98.3 Å². The first-order chi connectivity index (χ1) is 15.0. The second-order valence-electron chi connectivity index (χ2n) is 12.4. The zero-order valence-electron chi connectivity index (χ0n) is 20.6. The Balaban J connectivity index is 1.47. The standard InChI is InChI=1S/C26H46O5S/c1-5-18-15-20-22-9-8-21(17(2)7-6-14-31-32(28,29)30)25(22,3)13-11-23(20)26(4)12-10-19(27)16-24(18)26/h17-24,27H,5-16H2,1-4H3,(H,28,29,30)/t17-,18+,19+,20?,21-,22?,23?,24+,25-,26-/m1/s1. The van der Waals surface area contributed by atoms with Crippen LogP contribution in [-0.4, -0.2) is 30.8 Å². The van der Waals surface area contributed by atoms with Crippen LogP contribution in [-0.2, 0) is 14.6 Å². The van der Waals surface area contributed by atoms with Crippen molar-refractivity contribution in [1.82, 2.24) is 0 Å². The molecule has 4 rings (SSSR count). The number of hydrogen-bond donors (Lipinski definition) is 2. The molecule has 4 aliphatic carbocycles. The molecule has 0 bridgehead atoms. The molecule has 0 aromatic carbocycles. The summed E-state index contributed by atoms with van der Waals surface area (Å²) in [6.07, 6.45) is 12.6. The second-order valence-corrected chi connectivity index (χ2v) is 13.5. The summed E-state index contributed by atoms with van der Waals surface area (Å²) in [5, 5.41) is 10.4. The van der Waals surface area contributed by atoms with Crippen LogP contribution >= 0.6 is 0 Å². The SMILES string of the molecule is CC[C@H]1CC2C3CC[C@H]([C@H](C)CCCOS(=O)(=O)O)[C@@]3(C)CCC2[C@@]2(C)CC[C@H](O)C[C@@H]12. The van der Waals surface area contributed by atoms with E-state index in [0.717, 1.165) is 42.9 Å². The van der Waals surface area contributed by atoms with Gasteiger partial charge in [-0.15, -0.1) is 0 Å². The summed E-state index contributed by atoms with van der Waals surface area (Å²) in [7, 11) is -4.33. The molecule has 4 saturated carbocycles. The number of fused-ring (bicyclic) bond motifs is 5. The van der Waals surface area contributed by atoms with E-state index >= 15 is 0 Å². The van der Waals surface area contributed by atoms with Crippen molar-refractivity contribution in [2.75, 3.05) is 6.61 Å². The highest BCUT2D eigenvalue weighted by Gasteiger charge is 2.62. The molecule has 0 radical (unpaired) electrons. The third-order valence-electron chi connectivity index (χ3n) is 11.1. The van der Waals surface area contributed by atoms with Crippen molar-refractivity contribution in [3.05, 3.63) is 0 Å². The monoisotopic (exact) mass is 470 g/mol. The van der Waals surface area contributed by atoms with Crippen LogP contribution < -0.4 is 0 Å². The fourth-order valence-corrected chi connectivity index (χ4v) is 10.0. The highest BCUT2D eigenvalue weighted by Crippen LogP contribution is 2.69. The summed E-state index contributed by atoms with van der Waals surface area (Å²) in [6.45, 7) is 9.92. The van der Waals surface area contributed by atoms with Gasteiger partial charge < -0.3 is 5.11 Å². The van der Waals surface area contributed by atoms with Gasteiger partial charge in [-0.1, -0.05) is 34.1 Å². The number of aliphatic hydroxyl groups is 1. The minimum Gasteiger partial charge on any atom is -0.393 e. The van der Waals surface area contributed by atoms with Gasteiger partial charge in [-0.2, -0.15) is 8.42 Å². The summed E-state index contributed by atoms with van der Waals surface area (Å²) in [5.74, 6) is 5.14. The molecule has 0 spiro atoms. The Hall–Kier alpha value is -0.170. The van der Waals surface area contributed by atoms with Gasteiger partial charge in [0.2, 0.25) is 0 Å². The Kier molecular flexibility index (Phi) is 7.11. The maximum atomic E-state index is 10.8. The number of hydrogen-bond acceptors (Lipinski definition) is 4. The average Bonchev–Trinajstić information content (AvgIpc) is 3.08. The lowest BCUT2D eigenvalue weighted by molar-refractivity contribution is -0.152. The summed E-state index contributed by atoms with van der Waals surface area (Å²) in [4.78, 5) is 0. The van der Waals surface area contributed by atoms with Crippen LogP contribution in [0.5, 0.6) is 0 Å². The molecule has 32 heavy (non-hydrogen) atoms. The Bertz CT molecular complexity index is 768. The van der Waals surface area contributed by atoms with E-state index in [4.69, 9.17) is 4.55 Å². The third-order valence-corrected chi connectivity index (χ3v) is 11.6. The molecule has 0 aliphatic heterocycles. The van der Waals surface area contributed by atoms with E-state index in [-0.39, 0.29) is 12.7 Å². The quantitative estimate of drug-likeness (QED) is 0.359. The molecule has 0 aromatic rings. The van der Waals surface area contributed by atoms with E-state index in [1.807, 2.05) is 0 Å². The topological polar surface area (TPSA) is 83.8 Å². The molecule has 4 aliphatic rings. The zero-order chi connectivity index (χ0) is 23.3. The van der Waals surface area contributed by atoms with E-state index in [1.54, 1.807) is 0 Å². The van der Waals surface area contributed by atoms with Crippen molar-refractivity contribution in [2.24, 2.45) is 52.3 Å². The van der Waals surface area contributed by atoms with Crippen molar-refractivity contribution in [3.63, 3.8) is 0 Å². The van der Waals surface area contributed by atoms with Crippen LogP contribution in [0.3, 0.4) is 0 Å². The molecule has 2 N–H and O–H groups in total. The summed E-state index contributed by atoms with van der Waals surface area (Å²) in [5.41, 5.74) is 0.793. The fraction of sp³-hybridized carbons (Fsp3) is 1.00. The first-order valence-electron chi connectivity index (χ1n) is 13.3. The molecule has 4 fully saturated rings. The van der Waals surface area contributed by atoms with Crippen molar-refractivity contribution < 1.29 is 22.3 Å². The van der Waals surface area contributed by atoms with Gasteiger partial charge in [-0.3, -0.25) is 4.55 Å². The molecule has 0 saturated heterocycles. The van der Waals surface area contributed by atoms with E-state index < -0.39 is 10.4 Å². The molecular weight excluding hydrogens is 424 g/mol. The molecule has 5 nitrogen and oxygen atoms in total. The number of aliphatic hydroxyl groups excluding tert-OH is 1. The van der Waals surface area contributed by atoms with E-state index in [9.17, 15) is 13.5 Å². The van der Waals surface area contributed by atoms with Crippen molar-refractivity contribution in [3.8, 4) is 0 Å². The van der Waals surface area contributed by atoms with Gasteiger partial charge >= 0.3 is 10.4 Å². The molecule has 3 unspecified atom stereocenters. The van der Waals surface area contributed by atoms with E-state index in [0.29, 0.717) is 35.0 Å². The van der Waals surface area contributed by atoms with Gasteiger partial charge in [-0.25, -0.2) is 4.18 Å². The first-order valence-corrected chi connectivity index (χ1v) is 14.7. The van der Waals surface area contributed by atoms with Gasteiger partial charge in [-0.05, 0) is 116 Å². The van der Waals surface area contributed by atoms with Crippen molar-refractivity contribution >= 4 is 10.4 Å². The largest absolute Gasteiger partial charge is 0.397 e. The first kappa shape index (κ1) is 24.9. The Morgan fingerprint density at radius 2 is 1.69 bits per heavy atom. The van der Waals surface area contributed by atoms with Crippen molar-refractivity contribution in [2.45, 2.75) is 104 Å². The van der Waals surface area contributed by atoms with Crippen molar-refractivity contribution in [1.29, 1.82) is 0 Å². The lowest BCUT2D eigenvalue weighted by atomic mass is 9.42. The smallest absolute Gasteiger partial charge is 0.393 e. The maximum Gasteiger partial charge on any atom is 0.397 e. The van der Waals surface area contributed by atoms with Gasteiger partial charge in [0.25, 0.3) is 0 Å². The van der Waals surface area contributed by atoms with Crippen LogP contribution in [0.4, 0.5) is 0 Å². The molecule has 186 valence electrons. The lowest BCUT2D eigenvalue weighted by Crippen LogP contribution is -2.56. The molecule has 0 aromatic heterocycles. The lowest BCUT2D eigenvalue weighted by Gasteiger charge is -2.63. The average molecular weight is 471 g/mol. The summed E-state index contributed by atoms with van der Waals surface area (Å²) >= 11 is 0. The Morgan fingerprint density at radius 3 is 2.38 bits per heavy atom. The molecular formula is C26H46O5S. The second kappa shape index (κ2) is 9.13. The third kappa shape index (κ3) is 4.43. The van der Waals surface area contributed by atoms with Gasteiger partial charge in [0.1, 0.15) is 0 Å². The zero-order valence-corrected chi connectivity index (χ0v) is 21.4. The normalized spacial score (nSPS) is 47.4. The molecule has 6 heteroatoms. The van der Waals surface area contributed by atoms with Crippen LogP contribution in [0.15, 0.2) is 0 Å². The number of rotatable bonds is 7. The Labute approximate surface area is 196 Å². The summed E-state index contributed by atoms with van der Waals surface area (Å²) in [6, 6.07) is 0. The molecule has 10 atom stereocenters. The van der Waals surface area contributed by atoms with E-state index in [1.165, 1.54) is 44.9 Å². The fourth-order valence-electron chi connectivity index (χ4n) is 9.68. The minimum atomic E-state index is -4.33. The van der Waals surface area contributed by atoms with Crippen LogP contribution in [0, 0.1) is 52.3 Å². The highest BCUT2D eigenvalue weighted by atomic mass is 32.3. The Morgan fingerprint density at radius 1 is 1.00 bits per heavy atom. The van der Waals surface area contributed by atoms with Crippen LogP contribution in [0.2, 0.25) is 0 Å². The van der Waals surface area contributed by atoms with Gasteiger partial charge in [0.15, 0.2) is 0 Å². The van der Waals surface area contributed by atoms with E-state index in [2.05, 4.69) is 31.9 Å². The predicted molar refractivity (Wildman–Crippen MR) is 126 cm³/mol. The van der Waals surface area contributed by atoms with Gasteiger partial charge in [0, 0.05) is 0 Å². The van der Waals surface area contributed by atoms with Crippen LogP contribution in [0.25, 0.3) is 0 Å². The molecule has 0 amide bonds. The minimum absolute atomic E-state index is 0.0739. The molecule has 0 heterocycles. The predicted octanol–water partition coefficient (Wildman–Crippen LogP) is 5.88. The summed E-state index contributed by atoms with van der Waals surface area (Å²) < 4.78 is 35.0. The van der Waals surface area contributed by atoms with Gasteiger partial charge in [0.05, 0.1) is 12.7 Å². The highest BCUT2D eigenvalue weighted by molar-refractivity contribution is 7.80.